The van der Waals surface area contributed by atoms with E-state index in [1.165, 1.54) is 44.1 Å². The highest BCUT2D eigenvalue weighted by Gasteiger charge is 2.41. The Kier molecular flexibility index (Phi) is 9.03. The molecule has 1 aromatic rings. The Hall–Kier alpha value is -1.35. The number of aryl methyl sites for hydroxylation is 1. The fraction of sp³-hybridized carbons (Fsp3) is 0.682. The van der Waals surface area contributed by atoms with Gasteiger partial charge in [0, 0.05) is 6.61 Å². The lowest BCUT2D eigenvalue weighted by molar-refractivity contribution is -0.179. The van der Waals surface area contributed by atoms with E-state index in [-0.39, 0.29) is 5.97 Å². The molecule has 25 heavy (non-hydrogen) atoms. The largest absolute Gasteiger partial charge is 0.464 e. The molecule has 1 unspecified atom stereocenters. The van der Waals surface area contributed by atoms with Gasteiger partial charge in [0.25, 0.3) is 0 Å². The number of carbonyl (C=O) groups excluding carboxylic acids is 1. The summed E-state index contributed by atoms with van der Waals surface area (Å²) in [4.78, 5) is 12.3. The van der Waals surface area contributed by atoms with Gasteiger partial charge in [-0.3, -0.25) is 0 Å². The van der Waals surface area contributed by atoms with Gasteiger partial charge in [0.05, 0.1) is 6.61 Å². The van der Waals surface area contributed by atoms with E-state index in [1.807, 2.05) is 6.92 Å². The maximum atomic E-state index is 12.3. The van der Waals surface area contributed by atoms with Gasteiger partial charge in [-0.15, -0.1) is 0 Å². The van der Waals surface area contributed by atoms with Crippen LogP contribution in [0.3, 0.4) is 0 Å². The molecule has 0 N–H and O–H groups in total. The molecule has 0 saturated carbocycles. The molecule has 1 aliphatic rings. The van der Waals surface area contributed by atoms with Crippen LogP contribution < -0.4 is 0 Å². The molecule has 1 fully saturated rings. The van der Waals surface area contributed by atoms with Crippen LogP contribution >= 0.6 is 0 Å². The molecule has 3 heteroatoms. The van der Waals surface area contributed by atoms with Crippen LogP contribution in [0.15, 0.2) is 30.3 Å². The zero-order valence-corrected chi connectivity index (χ0v) is 15.8. The number of hydrogen-bond donors (Lipinski definition) is 0. The van der Waals surface area contributed by atoms with Gasteiger partial charge in [0.15, 0.2) is 5.60 Å². The van der Waals surface area contributed by atoms with Crippen LogP contribution in [-0.4, -0.2) is 24.8 Å². The molecule has 1 heterocycles. The number of ether oxygens (including phenoxy) is 2. The molecule has 1 aliphatic heterocycles. The lowest BCUT2D eigenvalue weighted by Gasteiger charge is -2.35. The summed E-state index contributed by atoms with van der Waals surface area (Å²) < 4.78 is 11.2. The zero-order chi connectivity index (χ0) is 17.8. The third-order valence-corrected chi connectivity index (χ3v) is 5.14. The molecule has 0 spiro atoms. The molecule has 1 atom stereocenters. The van der Waals surface area contributed by atoms with Crippen molar-refractivity contribution in [3.63, 3.8) is 0 Å². The van der Waals surface area contributed by atoms with Crippen LogP contribution in [0.2, 0.25) is 0 Å². The van der Waals surface area contributed by atoms with Gasteiger partial charge >= 0.3 is 5.97 Å². The molecular formula is C22H34O3. The van der Waals surface area contributed by atoms with E-state index in [1.54, 1.807) is 0 Å². The van der Waals surface area contributed by atoms with E-state index < -0.39 is 5.60 Å². The van der Waals surface area contributed by atoms with Crippen LogP contribution in [0.1, 0.15) is 76.7 Å². The zero-order valence-electron chi connectivity index (χ0n) is 15.8. The summed E-state index contributed by atoms with van der Waals surface area (Å²) in [5.74, 6) is -0.141. The maximum absolute atomic E-state index is 12.3. The highest BCUT2D eigenvalue weighted by Crippen LogP contribution is 2.32. The SMILES string of the molecule is CCOC(=O)C1(CCCCCCCCc2ccccc2)CCCCO1. The van der Waals surface area contributed by atoms with Crippen molar-refractivity contribution in [2.45, 2.75) is 83.2 Å². The summed E-state index contributed by atoms with van der Waals surface area (Å²) in [6, 6.07) is 10.7. The molecule has 0 radical (unpaired) electrons. The molecule has 0 aromatic heterocycles. The van der Waals surface area contributed by atoms with Crippen molar-refractivity contribution in [1.29, 1.82) is 0 Å². The third-order valence-electron chi connectivity index (χ3n) is 5.14. The Morgan fingerprint density at radius 2 is 1.76 bits per heavy atom. The Labute approximate surface area is 153 Å². The molecule has 0 bridgehead atoms. The molecule has 3 nitrogen and oxygen atoms in total. The number of esters is 1. The monoisotopic (exact) mass is 346 g/mol. The first-order valence-corrected chi connectivity index (χ1v) is 10.1. The molecular weight excluding hydrogens is 312 g/mol. The summed E-state index contributed by atoms with van der Waals surface area (Å²) in [6.45, 7) is 2.99. The molecule has 0 aliphatic carbocycles. The summed E-state index contributed by atoms with van der Waals surface area (Å²) in [7, 11) is 0. The molecule has 1 aromatic carbocycles. The van der Waals surface area contributed by atoms with Crippen LogP contribution in [-0.2, 0) is 20.7 Å². The summed E-state index contributed by atoms with van der Waals surface area (Å²) >= 11 is 0. The van der Waals surface area contributed by atoms with E-state index in [4.69, 9.17) is 9.47 Å². The predicted octanol–water partition coefficient (Wildman–Crippen LogP) is 5.46. The van der Waals surface area contributed by atoms with Crippen molar-refractivity contribution in [1.82, 2.24) is 0 Å². The van der Waals surface area contributed by atoms with Crippen LogP contribution in [0.4, 0.5) is 0 Å². The summed E-state index contributed by atoms with van der Waals surface area (Å²) in [5, 5.41) is 0. The quantitative estimate of drug-likeness (QED) is 0.394. The average Bonchev–Trinajstić information content (AvgIpc) is 2.65. The first-order valence-electron chi connectivity index (χ1n) is 10.1. The van der Waals surface area contributed by atoms with Gasteiger partial charge in [0.1, 0.15) is 0 Å². The number of unbranched alkanes of at least 4 members (excludes halogenated alkanes) is 5. The Morgan fingerprint density at radius 1 is 1.04 bits per heavy atom. The fourth-order valence-corrected chi connectivity index (χ4v) is 3.67. The standard InChI is InChI=1S/C22H34O3/c1-2-24-21(23)22(18-12-13-19-25-22)17-11-6-4-3-5-8-14-20-15-9-7-10-16-20/h7,9-10,15-16H,2-6,8,11-14,17-19H2,1H3. The lowest BCUT2D eigenvalue weighted by atomic mass is 9.88. The minimum absolute atomic E-state index is 0.141. The Bertz CT molecular complexity index is 477. The normalized spacial score (nSPS) is 20.4. The van der Waals surface area contributed by atoms with Crippen LogP contribution in [0.25, 0.3) is 0 Å². The minimum Gasteiger partial charge on any atom is -0.464 e. The lowest BCUT2D eigenvalue weighted by Crippen LogP contribution is -2.45. The Morgan fingerprint density at radius 3 is 2.44 bits per heavy atom. The fourth-order valence-electron chi connectivity index (χ4n) is 3.67. The number of hydrogen-bond acceptors (Lipinski definition) is 3. The van der Waals surface area contributed by atoms with Crippen molar-refractivity contribution < 1.29 is 14.3 Å². The molecule has 0 amide bonds. The Balaban J connectivity index is 1.58. The van der Waals surface area contributed by atoms with E-state index >= 15 is 0 Å². The smallest absolute Gasteiger partial charge is 0.338 e. The second-order valence-corrected chi connectivity index (χ2v) is 7.13. The summed E-state index contributed by atoms with van der Waals surface area (Å²) in [5.41, 5.74) is 0.787. The average molecular weight is 347 g/mol. The second-order valence-electron chi connectivity index (χ2n) is 7.13. The van der Waals surface area contributed by atoms with Gasteiger partial charge in [-0.1, -0.05) is 56.0 Å². The van der Waals surface area contributed by atoms with E-state index in [0.29, 0.717) is 13.2 Å². The van der Waals surface area contributed by atoms with Gasteiger partial charge in [-0.25, -0.2) is 4.79 Å². The van der Waals surface area contributed by atoms with E-state index in [0.717, 1.165) is 32.1 Å². The van der Waals surface area contributed by atoms with Crippen molar-refractivity contribution in [2.24, 2.45) is 0 Å². The number of benzene rings is 1. The minimum atomic E-state index is -0.651. The highest BCUT2D eigenvalue weighted by atomic mass is 16.6. The third kappa shape index (κ3) is 6.81. The molecule has 2 rings (SSSR count). The number of rotatable bonds is 11. The maximum Gasteiger partial charge on any atom is 0.338 e. The van der Waals surface area contributed by atoms with Crippen molar-refractivity contribution >= 4 is 5.97 Å². The first-order chi connectivity index (χ1) is 12.3. The van der Waals surface area contributed by atoms with Crippen molar-refractivity contribution in [3.8, 4) is 0 Å². The number of carbonyl (C=O) groups is 1. The highest BCUT2D eigenvalue weighted by molar-refractivity contribution is 5.79. The second kappa shape index (κ2) is 11.3. The molecule has 140 valence electrons. The first kappa shape index (κ1) is 20.0. The van der Waals surface area contributed by atoms with E-state index in [9.17, 15) is 4.79 Å². The topological polar surface area (TPSA) is 35.5 Å². The van der Waals surface area contributed by atoms with Crippen molar-refractivity contribution in [3.05, 3.63) is 35.9 Å². The van der Waals surface area contributed by atoms with Gasteiger partial charge < -0.3 is 9.47 Å². The van der Waals surface area contributed by atoms with Gasteiger partial charge in [0.2, 0.25) is 0 Å². The molecule has 1 saturated heterocycles. The van der Waals surface area contributed by atoms with Crippen LogP contribution in [0.5, 0.6) is 0 Å². The summed E-state index contributed by atoms with van der Waals surface area (Å²) in [6.07, 6.45) is 12.2. The van der Waals surface area contributed by atoms with E-state index in [2.05, 4.69) is 30.3 Å². The van der Waals surface area contributed by atoms with Gasteiger partial charge in [-0.2, -0.15) is 0 Å². The van der Waals surface area contributed by atoms with Gasteiger partial charge in [-0.05, 0) is 57.4 Å². The predicted molar refractivity (Wildman–Crippen MR) is 102 cm³/mol. The van der Waals surface area contributed by atoms with Crippen LogP contribution in [0, 0.1) is 0 Å². The van der Waals surface area contributed by atoms with Crippen molar-refractivity contribution in [2.75, 3.05) is 13.2 Å².